The van der Waals surface area contributed by atoms with Gasteiger partial charge >= 0.3 is 0 Å². The molecular formula is C11H15N5O2. The molecule has 2 aromatic heterocycles. The molecule has 0 bridgehead atoms. The Kier molecular flexibility index (Phi) is 4.19. The predicted octanol–water partition coefficient (Wildman–Crippen LogP) is -0.181. The largest absolute Gasteiger partial charge is 0.375 e. The maximum atomic E-state index is 11.1. The normalized spacial score (nSPS) is 10.7. The SMILES string of the molecule is COCC(=O)NCCCc1cnc2ncnn2c1. The van der Waals surface area contributed by atoms with Crippen molar-refractivity contribution < 1.29 is 9.53 Å². The first-order chi connectivity index (χ1) is 8.79. The minimum absolute atomic E-state index is 0.0950. The van der Waals surface area contributed by atoms with Crippen LogP contribution in [-0.4, -0.2) is 45.8 Å². The molecule has 0 saturated heterocycles. The summed E-state index contributed by atoms with van der Waals surface area (Å²) < 4.78 is 6.36. The molecule has 0 radical (unpaired) electrons. The average Bonchev–Trinajstić information content (AvgIpc) is 2.82. The highest BCUT2D eigenvalue weighted by molar-refractivity contribution is 5.77. The van der Waals surface area contributed by atoms with Crippen LogP contribution in [0.5, 0.6) is 0 Å². The van der Waals surface area contributed by atoms with E-state index in [1.165, 1.54) is 13.4 Å². The third kappa shape index (κ3) is 3.24. The first kappa shape index (κ1) is 12.4. The molecular weight excluding hydrogens is 234 g/mol. The number of nitrogens with one attached hydrogen (secondary N) is 1. The van der Waals surface area contributed by atoms with Crippen LogP contribution in [0.15, 0.2) is 18.7 Å². The van der Waals surface area contributed by atoms with Crippen LogP contribution in [0, 0.1) is 0 Å². The molecule has 7 heteroatoms. The van der Waals surface area contributed by atoms with Crippen molar-refractivity contribution in [2.75, 3.05) is 20.3 Å². The fourth-order valence-electron chi connectivity index (χ4n) is 1.59. The molecule has 1 amide bonds. The second-order valence-electron chi connectivity index (χ2n) is 3.85. The number of aromatic nitrogens is 4. The van der Waals surface area contributed by atoms with Crippen molar-refractivity contribution in [1.29, 1.82) is 0 Å². The monoisotopic (exact) mass is 249 g/mol. The fraction of sp³-hybridized carbons (Fsp3) is 0.455. The highest BCUT2D eigenvalue weighted by Crippen LogP contribution is 2.02. The van der Waals surface area contributed by atoms with Crippen LogP contribution >= 0.6 is 0 Å². The van der Waals surface area contributed by atoms with E-state index in [1.54, 1.807) is 10.7 Å². The second-order valence-corrected chi connectivity index (χ2v) is 3.85. The minimum Gasteiger partial charge on any atom is -0.375 e. The minimum atomic E-state index is -0.0950. The van der Waals surface area contributed by atoms with Gasteiger partial charge in [-0.2, -0.15) is 10.1 Å². The van der Waals surface area contributed by atoms with Gasteiger partial charge in [-0.15, -0.1) is 0 Å². The van der Waals surface area contributed by atoms with Crippen molar-refractivity contribution in [2.24, 2.45) is 0 Å². The summed E-state index contributed by atoms with van der Waals surface area (Å²) in [5, 5.41) is 6.78. The third-order valence-corrected chi connectivity index (χ3v) is 2.43. The number of methoxy groups -OCH3 is 1. The van der Waals surface area contributed by atoms with Crippen LogP contribution in [0.3, 0.4) is 0 Å². The smallest absolute Gasteiger partial charge is 0.252 e. The van der Waals surface area contributed by atoms with Crippen LogP contribution < -0.4 is 5.32 Å². The standard InChI is InChI=1S/C11H15N5O2/c1-18-7-10(17)12-4-2-3-9-5-13-11-14-8-15-16(11)6-9/h5-6,8H,2-4,7H2,1H3,(H,12,17). The number of aryl methyl sites for hydroxylation is 1. The topological polar surface area (TPSA) is 81.4 Å². The molecule has 2 aromatic rings. The number of fused-ring (bicyclic) bond motifs is 1. The lowest BCUT2D eigenvalue weighted by Crippen LogP contribution is -2.28. The zero-order valence-electron chi connectivity index (χ0n) is 10.2. The Morgan fingerprint density at radius 3 is 3.22 bits per heavy atom. The van der Waals surface area contributed by atoms with Gasteiger partial charge in [-0.25, -0.2) is 9.50 Å². The molecule has 0 saturated carbocycles. The Morgan fingerprint density at radius 2 is 2.39 bits per heavy atom. The van der Waals surface area contributed by atoms with Crippen LogP contribution in [0.1, 0.15) is 12.0 Å². The Bertz CT molecular complexity index is 525. The Labute approximate surface area is 104 Å². The van der Waals surface area contributed by atoms with Crippen LogP contribution in [-0.2, 0) is 16.0 Å². The van der Waals surface area contributed by atoms with Crippen molar-refractivity contribution >= 4 is 11.7 Å². The molecule has 0 aromatic carbocycles. The number of nitrogens with zero attached hydrogens (tertiary/aromatic N) is 4. The zero-order valence-corrected chi connectivity index (χ0v) is 10.2. The molecule has 7 nitrogen and oxygen atoms in total. The van der Waals surface area contributed by atoms with Crippen molar-refractivity contribution in [3.05, 3.63) is 24.3 Å². The summed E-state index contributed by atoms with van der Waals surface area (Å²) in [6.07, 6.45) is 6.82. The van der Waals surface area contributed by atoms with Gasteiger partial charge in [0.15, 0.2) is 0 Å². The lowest BCUT2D eigenvalue weighted by molar-refractivity contribution is -0.124. The van der Waals surface area contributed by atoms with Crippen molar-refractivity contribution in [2.45, 2.75) is 12.8 Å². The van der Waals surface area contributed by atoms with Crippen LogP contribution in [0.2, 0.25) is 0 Å². The molecule has 2 heterocycles. The van der Waals surface area contributed by atoms with E-state index in [4.69, 9.17) is 4.74 Å². The first-order valence-electron chi connectivity index (χ1n) is 5.69. The molecule has 0 aliphatic rings. The summed E-state index contributed by atoms with van der Waals surface area (Å²) in [4.78, 5) is 19.3. The number of amides is 1. The molecule has 0 unspecified atom stereocenters. The lowest BCUT2D eigenvalue weighted by atomic mass is 10.2. The summed E-state index contributed by atoms with van der Waals surface area (Å²) in [5.41, 5.74) is 1.06. The molecule has 0 spiro atoms. The van der Waals surface area contributed by atoms with E-state index in [2.05, 4.69) is 20.4 Å². The van der Waals surface area contributed by atoms with Crippen LogP contribution in [0.4, 0.5) is 0 Å². The molecule has 0 aliphatic carbocycles. The van der Waals surface area contributed by atoms with Gasteiger partial charge in [0.25, 0.3) is 5.78 Å². The molecule has 1 N–H and O–H groups in total. The van der Waals surface area contributed by atoms with Gasteiger partial charge in [-0.3, -0.25) is 4.79 Å². The summed E-state index contributed by atoms with van der Waals surface area (Å²) in [5.74, 6) is 0.495. The number of rotatable bonds is 6. The Morgan fingerprint density at radius 1 is 1.50 bits per heavy atom. The number of ether oxygens (including phenoxy) is 1. The lowest BCUT2D eigenvalue weighted by Gasteiger charge is -2.04. The van der Waals surface area contributed by atoms with Gasteiger partial charge in [0.1, 0.15) is 12.9 Å². The third-order valence-electron chi connectivity index (χ3n) is 2.43. The van der Waals surface area contributed by atoms with E-state index in [9.17, 15) is 4.79 Å². The summed E-state index contributed by atoms with van der Waals surface area (Å²) >= 11 is 0. The molecule has 0 fully saturated rings. The summed E-state index contributed by atoms with van der Waals surface area (Å²) in [7, 11) is 1.50. The van der Waals surface area contributed by atoms with Gasteiger partial charge in [0.2, 0.25) is 5.91 Å². The maximum absolute atomic E-state index is 11.1. The van der Waals surface area contributed by atoms with Gasteiger partial charge in [-0.05, 0) is 18.4 Å². The maximum Gasteiger partial charge on any atom is 0.252 e. The predicted molar refractivity (Wildman–Crippen MR) is 64.0 cm³/mol. The molecule has 0 aliphatic heterocycles. The molecule has 96 valence electrons. The molecule has 18 heavy (non-hydrogen) atoms. The number of carbonyl (C=O) groups is 1. The van der Waals surface area contributed by atoms with E-state index >= 15 is 0 Å². The van der Waals surface area contributed by atoms with Gasteiger partial charge < -0.3 is 10.1 Å². The average molecular weight is 249 g/mol. The van der Waals surface area contributed by atoms with Crippen molar-refractivity contribution in [3.8, 4) is 0 Å². The molecule has 2 rings (SSSR count). The van der Waals surface area contributed by atoms with E-state index in [0.717, 1.165) is 18.4 Å². The molecule has 0 atom stereocenters. The van der Waals surface area contributed by atoms with E-state index < -0.39 is 0 Å². The number of carbonyl (C=O) groups excluding carboxylic acids is 1. The summed E-state index contributed by atoms with van der Waals surface area (Å²) in [6, 6.07) is 0. The highest BCUT2D eigenvalue weighted by Gasteiger charge is 2.01. The van der Waals surface area contributed by atoms with Gasteiger partial charge in [0.05, 0.1) is 0 Å². The van der Waals surface area contributed by atoms with E-state index in [0.29, 0.717) is 12.3 Å². The van der Waals surface area contributed by atoms with E-state index in [1.807, 2.05) is 6.20 Å². The quantitative estimate of drug-likeness (QED) is 0.718. The van der Waals surface area contributed by atoms with Crippen molar-refractivity contribution in [1.82, 2.24) is 24.9 Å². The van der Waals surface area contributed by atoms with Crippen molar-refractivity contribution in [3.63, 3.8) is 0 Å². The summed E-state index contributed by atoms with van der Waals surface area (Å²) in [6.45, 7) is 0.726. The van der Waals surface area contributed by atoms with Gasteiger partial charge in [-0.1, -0.05) is 0 Å². The first-order valence-corrected chi connectivity index (χ1v) is 5.69. The zero-order chi connectivity index (χ0) is 12.8. The Balaban J connectivity index is 1.77. The fourth-order valence-corrected chi connectivity index (χ4v) is 1.59. The van der Waals surface area contributed by atoms with Gasteiger partial charge in [0, 0.05) is 26.0 Å². The second kappa shape index (κ2) is 6.06. The van der Waals surface area contributed by atoms with Crippen LogP contribution in [0.25, 0.3) is 5.78 Å². The number of hydrogen-bond donors (Lipinski definition) is 1. The number of hydrogen-bond acceptors (Lipinski definition) is 5. The Hall–Kier alpha value is -2.02. The van der Waals surface area contributed by atoms with E-state index in [-0.39, 0.29) is 12.5 Å². The highest BCUT2D eigenvalue weighted by atomic mass is 16.5.